The lowest BCUT2D eigenvalue weighted by atomic mass is 10.2. The minimum absolute atomic E-state index is 0.0959. The smallest absolute Gasteiger partial charge is 0.245 e. The topological polar surface area (TPSA) is 178 Å². The molecule has 0 aliphatic carbocycles. The maximum Gasteiger partial charge on any atom is 0.245 e. The highest BCUT2D eigenvalue weighted by Gasteiger charge is 2.35. The molecule has 0 radical (unpaired) electrons. The van der Waals surface area contributed by atoms with E-state index in [1.54, 1.807) is 24.5 Å². The molecule has 0 fully saturated rings. The first kappa shape index (κ1) is 26.6. The van der Waals surface area contributed by atoms with E-state index in [0.717, 1.165) is 0 Å². The Morgan fingerprint density at radius 2 is 1.66 bits per heavy atom. The van der Waals surface area contributed by atoms with Crippen molar-refractivity contribution in [1.82, 2.24) is 39.7 Å². The summed E-state index contributed by atoms with van der Waals surface area (Å²) in [7, 11) is 1.48. The number of hydrogen-bond acceptors (Lipinski definition) is 13. The van der Waals surface area contributed by atoms with Gasteiger partial charge in [-0.1, -0.05) is 0 Å². The number of aromatic nitrogens is 8. The van der Waals surface area contributed by atoms with Crippen LogP contribution in [-0.2, 0) is 14.8 Å². The molecule has 0 aliphatic heterocycles. The fourth-order valence-electron chi connectivity index (χ4n) is 3.60. The first-order chi connectivity index (χ1) is 18.3. The van der Waals surface area contributed by atoms with Crippen molar-refractivity contribution < 1.29 is 27.4 Å². The van der Waals surface area contributed by atoms with Crippen LogP contribution in [0.15, 0.2) is 43.2 Å². The third-order valence-electron chi connectivity index (χ3n) is 5.50. The highest BCUT2D eigenvalue weighted by molar-refractivity contribution is 7.93. The summed E-state index contributed by atoms with van der Waals surface area (Å²) in [6.07, 6.45) is 6.19. The zero-order valence-electron chi connectivity index (χ0n) is 21.1. The van der Waals surface area contributed by atoms with E-state index in [0.29, 0.717) is 11.3 Å². The Balaban J connectivity index is 1.80. The molecule has 4 rings (SSSR count). The number of methoxy groups -OCH3 is 4. The second kappa shape index (κ2) is 11.3. The van der Waals surface area contributed by atoms with Crippen molar-refractivity contribution in [2.45, 2.75) is 18.3 Å². The lowest BCUT2D eigenvalue weighted by Crippen LogP contribution is -2.33. The highest BCUT2D eigenvalue weighted by atomic mass is 32.2. The zero-order valence-corrected chi connectivity index (χ0v) is 21.9. The highest BCUT2D eigenvalue weighted by Crippen LogP contribution is 2.35. The van der Waals surface area contributed by atoms with E-state index in [2.05, 4.69) is 39.8 Å². The van der Waals surface area contributed by atoms with Crippen molar-refractivity contribution in [3.8, 4) is 34.7 Å². The minimum atomic E-state index is -4.16. The van der Waals surface area contributed by atoms with E-state index in [1.807, 2.05) is 0 Å². The average molecular weight is 544 g/mol. The van der Waals surface area contributed by atoms with Gasteiger partial charge in [-0.3, -0.25) is 19.3 Å². The van der Waals surface area contributed by atoms with Crippen LogP contribution in [0.5, 0.6) is 17.6 Å². The van der Waals surface area contributed by atoms with Crippen LogP contribution in [0.1, 0.15) is 18.7 Å². The van der Waals surface area contributed by atoms with Crippen molar-refractivity contribution in [3.05, 3.63) is 48.9 Å². The summed E-state index contributed by atoms with van der Waals surface area (Å²) in [6, 6.07) is 3.44. The van der Waals surface area contributed by atoms with Crippen molar-refractivity contribution >= 4 is 16.0 Å². The average Bonchev–Trinajstić information content (AvgIpc) is 3.35. The summed E-state index contributed by atoms with van der Waals surface area (Å²) in [5.74, 6) is 0.537. The van der Waals surface area contributed by atoms with Crippen molar-refractivity contribution in [2.75, 3.05) is 33.2 Å². The predicted molar refractivity (Wildman–Crippen MR) is 134 cm³/mol. The lowest BCUT2D eigenvalue weighted by Gasteiger charge is -2.23. The molecular formula is C22H25N9O6S. The minimum Gasteiger partial charge on any atom is -0.480 e. The van der Waals surface area contributed by atoms with Gasteiger partial charge in [0.05, 0.1) is 39.4 Å². The summed E-state index contributed by atoms with van der Waals surface area (Å²) in [5, 5.41) is 7.18. The molecule has 4 aromatic rings. The normalized spacial score (nSPS) is 13.0. The maximum atomic E-state index is 13.6. The van der Waals surface area contributed by atoms with Gasteiger partial charge in [-0.05, 0) is 19.1 Å². The van der Waals surface area contributed by atoms with E-state index < -0.39 is 21.4 Å². The number of pyridine rings is 1. The molecule has 0 aromatic carbocycles. The molecule has 4 aromatic heterocycles. The second-order valence-electron chi connectivity index (χ2n) is 7.66. The molecule has 0 saturated heterocycles. The van der Waals surface area contributed by atoms with E-state index in [9.17, 15) is 8.42 Å². The first-order valence-corrected chi connectivity index (χ1v) is 12.6. The molecule has 0 spiro atoms. The third-order valence-corrected chi connectivity index (χ3v) is 7.19. The predicted octanol–water partition coefficient (Wildman–Crippen LogP) is 1.45. The van der Waals surface area contributed by atoms with Crippen molar-refractivity contribution in [1.29, 1.82) is 0 Å². The standard InChI is InChI=1S/C22H25N9O6S/c1-13(18(35-3)15-10-25-16(34-2)11-24-15)38(32,33)30-22-29-28-19(14-7-6-8-23-9-14)31(22)17-20(36-4)26-12-27-21(17)37-5/h6-13,18H,1-5H3,(H,29,30). The Hall–Kier alpha value is -4.44. The molecule has 38 heavy (non-hydrogen) atoms. The summed E-state index contributed by atoms with van der Waals surface area (Å²) >= 11 is 0. The number of ether oxygens (including phenoxy) is 4. The van der Waals surface area contributed by atoms with Gasteiger partial charge in [0, 0.05) is 25.1 Å². The van der Waals surface area contributed by atoms with Gasteiger partial charge in [-0.25, -0.2) is 13.4 Å². The number of nitrogens with zero attached hydrogens (tertiary/aromatic N) is 8. The van der Waals surface area contributed by atoms with Gasteiger partial charge in [0.25, 0.3) is 0 Å². The van der Waals surface area contributed by atoms with E-state index >= 15 is 0 Å². The number of anilines is 1. The summed E-state index contributed by atoms with van der Waals surface area (Å²) in [5.41, 5.74) is 1.01. The monoisotopic (exact) mass is 543 g/mol. The van der Waals surface area contributed by atoms with Crippen LogP contribution in [0.25, 0.3) is 17.1 Å². The molecule has 0 amide bonds. The van der Waals surface area contributed by atoms with E-state index in [-0.39, 0.29) is 35.1 Å². The Bertz CT molecular complexity index is 1460. The lowest BCUT2D eigenvalue weighted by molar-refractivity contribution is 0.0984. The molecular weight excluding hydrogens is 518 g/mol. The Labute approximate surface area is 218 Å². The second-order valence-corrected chi connectivity index (χ2v) is 9.69. The fraction of sp³-hybridized carbons (Fsp3) is 0.318. The first-order valence-electron chi connectivity index (χ1n) is 11.0. The van der Waals surface area contributed by atoms with Gasteiger partial charge in [0.1, 0.15) is 17.7 Å². The van der Waals surface area contributed by atoms with Gasteiger partial charge < -0.3 is 18.9 Å². The van der Waals surface area contributed by atoms with Crippen LogP contribution in [-0.4, -0.2) is 81.8 Å². The Morgan fingerprint density at radius 1 is 0.921 bits per heavy atom. The van der Waals surface area contributed by atoms with Crippen LogP contribution in [0, 0.1) is 0 Å². The molecule has 15 nitrogen and oxygen atoms in total. The maximum absolute atomic E-state index is 13.6. The molecule has 0 bridgehead atoms. The van der Waals surface area contributed by atoms with Gasteiger partial charge in [-0.2, -0.15) is 9.97 Å². The quantitative estimate of drug-likeness (QED) is 0.288. The molecule has 4 heterocycles. The van der Waals surface area contributed by atoms with Gasteiger partial charge in [0.15, 0.2) is 11.5 Å². The van der Waals surface area contributed by atoms with Gasteiger partial charge in [-0.15, -0.1) is 10.2 Å². The summed E-state index contributed by atoms with van der Waals surface area (Å²) in [6.45, 7) is 1.47. The van der Waals surface area contributed by atoms with Crippen LogP contribution in [0.4, 0.5) is 5.95 Å². The summed E-state index contributed by atoms with van der Waals surface area (Å²) < 4.78 is 52.4. The van der Waals surface area contributed by atoms with Crippen molar-refractivity contribution in [3.63, 3.8) is 0 Å². The van der Waals surface area contributed by atoms with Crippen LogP contribution < -0.4 is 18.9 Å². The van der Waals surface area contributed by atoms with Crippen molar-refractivity contribution in [2.24, 2.45) is 0 Å². The number of nitrogens with one attached hydrogen (secondary N) is 1. The molecule has 16 heteroatoms. The summed E-state index contributed by atoms with van der Waals surface area (Å²) in [4.78, 5) is 20.7. The zero-order chi connectivity index (χ0) is 27.3. The number of sulfonamides is 1. The van der Waals surface area contributed by atoms with Gasteiger partial charge in [0.2, 0.25) is 33.6 Å². The number of hydrogen-bond donors (Lipinski definition) is 1. The Kier molecular flexibility index (Phi) is 7.92. The Morgan fingerprint density at radius 3 is 2.21 bits per heavy atom. The molecule has 2 unspecified atom stereocenters. The SMILES string of the molecule is COc1cnc(C(OC)C(C)S(=O)(=O)Nc2nnc(-c3cccnc3)n2-c2c(OC)ncnc2OC)cn1. The molecule has 0 saturated carbocycles. The van der Waals surface area contributed by atoms with E-state index in [1.165, 1.54) is 58.7 Å². The number of rotatable bonds is 11. The fourth-order valence-corrected chi connectivity index (χ4v) is 4.74. The largest absolute Gasteiger partial charge is 0.480 e. The molecule has 200 valence electrons. The van der Waals surface area contributed by atoms with Crippen LogP contribution in [0.2, 0.25) is 0 Å². The molecule has 1 N–H and O–H groups in total. The van der Waals surface area contributed by atoms with Crippen LogP contribution in [0.3, 0.4) is 0 Å². The van der Waals surface area contributed by atoms with Crippen LogP contribution >= 0.6 is 0 Å². The van der Waals surface area contributed by atoms with Gasteiger partial charge >= 0.3 is 0 Å². The van der Waals surface area contributed by atoms with E-state index in [4.69, 9.17) is 18.9 Å². The molecule has 2 atom stereocenters. The molecule has 0 aliphatic rings. The third kappa shape index (κ3) is 5.16.